The molecule has 1 N–H and O–H groups in total. The van der Waals surface area contributed by atoms with Crippen molar-refractivity contribution in [2.45, 2.75) is 39.3 Å². The topological polar surface area (TPSA) is 96.0 Å². The lowest BCUT2D eigenvalue weighted by molar-refractivity contribution is -0.139. The van der Waals surface area contributed by atoms with Crippen LogP contribution in [0.25, 0.3) is 0 Å². The highest BCUT2D eigenvalue weighted by Gasteiger charge is 2.30. The van der Waals surface area contributed by atoms with Crippen LogP contribution in [0.5, 0.6) is 5.75 Å². The van der Waals surface area contributed by atoms with E-state index in [2.05, 4.69) is 5.32 Å². The van der Waals surface area contributed by atoms with Crippen LogP contribution < -0.4 is 14.4 Å². The number of nitrogens with zero attached hydrogens (tertiary/aromatic N) is 2. The van der Waals surface area contributed by atoms with E-state index in [1.165, 1.54) is 54.5 Å². The molecule has 0 aliphatic carbocycles. The summed E-state index contributed by atoms with van der Waals surface area (Å²) in [5.41, 5.74) is 0.764. The van der Waals surface area contributed by atoms with Crippen molar-refractivity contribution >= 4 is 39.1 Å². The minimum Gasteiger partial charge on any atom is -0.495 e. The first-order valence-electron chi connectivity index (χ1n) is 11.1. The molecular weight excluding hydrogens is 497 g/mol. The largest absolute Gasteiger partial charge is 0.495 e. The van der Waals surface area contributed by atoms with Crippen LogP contribution in [-0.4, -0.2) is 57.6 Å². The van der Waals surface area contributed by atoms with Crippen molar-refractivity contribution in [2.24, 2.45) is 0 Å². The molecular formula is C24H31ClFN3O5S. The standard InChI is InChI=1S/C24H31ClFN3O5S/c1-5-6-13-27-24(31)17(2)28(15-18-7-9-19(26)10-8-18)23(30)16-29(35(4,32)33)20-11-12-22(34-3)21(25)14-20/h7-12,14,17H,5-6,13,15-16H2,1-4H3,(H,27,31)/t17-/m1/s1. The molecule has 0 heterocycles. The van der Waals surface area contributed by atoms with Crippen LogP contribution in [0.15, 0.2) is 42.5 Å². The van der Waals surface area contributed by atoms with Crippen molar-refractivity contribution in [2.75, 3.05) is 30.8 Å². The van der Waals surface area contributed by atoms with E-state index in [1.807, 2.05) is 6.92 Å². The van der Waals surface area contributed by atoms with Gasteiger partial charge in [0.15, 0.2) is 0 Å². The first kappa shape index (κ1) is 28.4. The summed E-state index contributed by atoms with van der Waals surface area (Å²) in [6.07, 6.45) is 2.65. The minimum atomic E-state index is -3.89. The van der Waals surface area contributed by atoms with Gasteiger partial charge in [-0.1, -0.05) is 37.1 Å². The van der Waals surface area contributed by atoms with Crippen molar-refractivity contribution in [1.82, 2.24) is 10.2 Å². The zero-order chi connectivity index (χ0) is 26.2. The van der Waals surface area contributed by atoms with Crippen LogP contribution in [0, 0.1) is 5.82 Å². The number of sulfonamides is 1. The van der Waals surface area contributed by atoms with E-state index in [4.69, 9.17) is 16.3 Å². The molecule has 0 aromatic heterocycles. The molecule has 2 rings (SSSR count). The maximum absolute atomic E-state index is 13.4. The van der Waals surface area contributed by atoms with Crippen LogP contribution in [0.1, 0.15) is 32.3 Å². The van der Waals surface area contributed by atoms with Crippen molar-refractivity contribution in [3.8, 4) is 5.75 Å². The smallest absolute Gasteiger partial charge is 0.244 e. The number of anilines is 1. The molecule has 0 aliphatic heterocycles. The number of benzene rings is 2. The van der Waals surface area contributed by atoms with Gasteiger partial charge in [0, 0.05) is 13.1 Å². The number of nitrogens with one attached hydrogen (secondary N) is 1. The number of hydrogen-bond donors (Lipinski definition) is 1. The molecule has 0 spiro atoms. The lowest BCUT2D eigenvalue weighted by Crippen LogP contribution is -2.51. The van der Waals surface area contributed by atoms with E-state index < -0.39 is 34.3 Å². The zero-order valence-electron chi connectivity index (χ0n) is 20.3. The van der Waals surface area contributed by atoms with Crippen LogP contribution >= 0.6 is 11.6 Å². The molecule has 0 unspecified atom stereocenters. The van der Waals surface area contributed by atoms with Crippen molar-refractivity contribution < 1.29 is 27.1 Å². The highest BCUT2D eigenvalue weighted by atomic mass is 35.5. The molecule has 0 saturated heterocycles. The lowest BCUT2D eigenvalue weighted by atomic mass is 10.1. The average molecular weight is 528 g/mol. The highest BCUT2D eigenvalue weighted by molar-refractivity contribution is 7.92. The predicted molar refractivity (Wildman–Crippen MR) is 135 cm³/mol. The van der Waals surface area contributed by atoms with Crippen molar-refractivity contribution in [1.29, 1.82) is 0 Å². The number of halogens is 2. The van der Waals surface area contributed by atoms with E-state index in [-0.39, 0.29) is 23.2 Å². The predicted octanol–water partition coefficient (Wildman–Crippen LogP) is 3.59. The third-order valence-electron chi connectivity index (χ3n) is 5.37. The van der Waals surface area contributed by atoms with Gasteiger partial charge < -0.3 is 15.0 Å². The van der Waals surface area contributed by atoms with Crippen molar-refractivity contribution in [3.63, 3.8) is 0 Å². The van der Waals surface area contributed by atoms with Gasteiger partial charge in [0.05, 0.1) is 24.1 Å². The van der Waals surface area contributed by atoms with E-state index in [0.29, 0.717) is 17.9 Å². The molecule has 2 aromatic rings. The first-order chi connectivity index (χ1) is 16.5. The Morgan fingerprint density at radius 2 is 1.83 bits per heavy atom. The summed E-state index contributed by atoms with van der Waals surface area (Å²) in [4.78, 5) is 27.5. The Morgan fingerprint density at radius 3 is 2.37 bits per heavy atom. The summed E-state index contributed by atoms with van der Waals surface area (Å²) in [6, 6.07) is 9.00. The number of unbranched alkanes of at least 4 members (excludes halogenated alkanes) is 1. The van der Waals surface area contributed by atoms with E-state index in [9.17, 15) is 22.4 Å². The number of hydrogen-bond acceptors (Lipinski definition) is 5. The molecule has 0 bridgehead atoms. The molecule has 0 radical (unpaired) electrons. The summed E-state index contributed by atoms with van der Waals surface area (Å²) in [6.45, 7) is 3.44. The van der Waals surface area contributed by atoms with Gasteiger partial charge in [-0.3, -0.25) is 13.9 Å². The number of carbonyl (C=O) groups excluding carboxylic acids is 2. The Bertz CT molecular complexity index is 1130. The number of ether oxygens (including phenoxy) is 1. The maximum atomic E-state index is 13.4. The van der Waals surface area contributed by atoms with Crippen molar-refractivity contribution in [3.05, 3.63) is 58.9 Å². The quantitative estimate of drug-likeness (QED) is 0.426. The van der Waals surface area contributed by atoms with Gasteiger partial charge >= 0.3 is 0 Å². The fraction of sp³-hybridized carbons (Fsp3) is 0.417. The second-order valence-electron chi connectivity index (χ2n) is 8.06. The third-order valence-corrected chi connectivity index (χ3v) is 6.80. The molecule has 8 nitrogen and oxygen atoms in total. The van der Waals surface area contributed by atoms with Gasteiger partial charge in [0.2, 0.25) is 21.8 Å². The molecule has 0 fully saturated rings. The fourth-order valence-corrected chi connectivity index (χ4v) is 4.42. The zero-order valence-corrected chi connectivity index (χ0v) is 21.8. The Kier molecular flexibility index (Phi) is 10.3. The summed E-state index contributed by atoms with van der Waals surface area (Å²) in [7, 11) is -2.46. The van der Waals surface area contributed by atoms with Gasteiger partial charge in [-0.15, -0.1) is 0 Å². The monoisotopic (exact) mass is 527 g/mol. The van der Waals surface area contributed by atoms with E-state index in [1.54, 1.807) is 6.92 Å². The number of carbonyl (C=O) groups is 2. The first-order valence-corrected chi connectivity index (χ1v) is 13.3. The van der Waals surface area contributed by atoms with Crippen LogP contribution in [-0.2, 0) is 26.2 Å². The molecule has 1 atom stereocenters. The van der Waals surface area contributed by atoms with Gasteiger partial charge in [0.25, 0.3) is 0 Å². The number of amides is 2. The second kappa shape index (κ2) is 12.7. The molecule has 0 aliphatic rings. The van der Waals surface area contributed by atoms with Gasteiger partial charge in [-0.25, -0.2) is 12.8 Å². The number of rotatable bonds is 12. The molecule has 35 heavy (non-hydrogen) atoms. The molecule has 11 heteroatoms. The molecule has 2 amide bonds. The molecule has 0 saturated carbocycles. The molecule has 2 aromatic carbocycles. The Morgan fingerprint density at radius 1 is 1.17 bits per heavy atom. The summed E-state index contributed by atoms with van der Waals surface area (Å²) in [5, 5.41) is 2.97. The highest BCUT2D eigenvalue weighted by Crippen LogP contribution is 2.30. The normalized spacial score (nSPS) is 12.1. The minimum absolute atomic E-state index is 0.0115. The van der Waals surface area contributed by atoms with Gasteiger partial charge in [-0.05, 0) is 49.2 Å². The SMILES string of the molecule is CCCCNC(=O)[C@@H](C)N(Cc1ccc(F)cc1)C(=O)CN(c1ccc(OC)c(Cl)c1)S(C)(=O)=O. The Hall–Kier alpha value is -2.85. The Labute approximate surface area is 211 Å². The average Bonchev–Trinajstić information content (AvgIpc) is 2.80. The fourth-order valence-electron chi connectivity index (χ4n) is 3.33. The lowest BCUT2D eigenvalue weighted by Gasteiger charge is -2.31. The summed E-state index contributed by atoms with van der Waals surface area (Å²) in [5.74, 6) is -1.06. The summed E-state index contributed by atoms with van der Waals surface area (Å²) < 4.78 is 44.6. The van der Waals surface area contributed by atoms with E-state index in [0.717, 1.165) is 23.4 Å². The van der Waals surface area contributed by atoms with Gasteiger partial charge in [-0.2, -0.15) is 0 Å². The van der Waals surface area contributed by atoms with E-state index >= 15 is 0 Å². The summed E-state index contributed by atoms with van der Waals surface area (Å²) >= 11 is 6.17. The van der Waals surface area contributed by atoms with Crippen LogP contribution in [0.3, 0.4) is 0 Å². The van der Waals surface area contributed by atoms with Gasteiger partial charge in [0.1, 0.15) is 24.2 Å². The Balaban J connectivity index is 2.36. The maximum Gasteiger partial charge on any atom is 0.244 e. The van der Waals surface area contributed by atoms with Crippen LogP contribution in [0.4, 0.5) is 10.1 Å². The van der Waals surface area contributed by atoms with Crippen LogP contribution in [0.2, 0.25) is 5.02 Å². The number of methoxy groups -OCH3 is 1. The molecule has 192 valence electrons. The second-order valence-corrected chi connectivity index (χ2v) is 10.4. The third kappa shape index (κ3) is 8.10.